The van der Waals surface area contributed by atoms with Crippen LogP contribution in [0.3, 0.4) is 0 Å². The van der Waals surface area contributed by atoms with Gasteiger partial charge >= 0.3 is 0 Å². The molecule has 1 N–H and O–H groups in total. The summed E-state index contributed by atoms with van der Waals surface area (Å²) in [7, 11) is 0. The van der Waals surface area contributed by atoms with Crippen LogP contribution in [0.4, 0.5) is 0 Å². The first kappa shape index (κ1) is 13.3. The van der Waals surface area contributed by atoms with E-state index in [0.717, 1.165) is 12.4 Å². The summed E-state index contributed by atoms with van der Waals surface area (Å²) < 4.78 is 5.14. The second kappa shape index (κ2) is 12.3. The van der Waals surface area contributed by atoms with Crippen LogP contribution in [0.2, 0.25) is 0 Å². The molecule has 0 bridgehead atoms. The zero-order valence-electron chi connectivity index (χ0n) is 8.63. The average molecular weight is 206 g/mol. The van der Waals surface area contributed by atoms with Crippen LogP contribution >= 0.6 is 11.8 Å². The molecule has 0 aromatic rings. The maximum Gasteiger partial charge on any atom is 0.0698 e. The lowest BCUT2D eigenvalue weighted by atomic mass is 10.2. The monoisotopic (exact) mass is 206 g/mol. The van der Waals surface area contributed by atoms with E-state index in [-0.39, 0.29) is 6.61 Å². The maximum atomic E-state index is 8.43. The van der Waals surface area contributed by atoms with E-state index in [1.165, 1.54) is 31.4 Å². The SMILES string of the molecule is CCCCCCSCCOCCO. The molecule has 0 heterocycles. The lowest BCUT2D eigenvalue weighted by molar-refractivity contribution is 0.103. The van der Waals surface area contributed by atoms with Crippen LogP contribution in [0.5, 0.6) is 0 Å². The van der Waals surface area contributed by atoms with E-state index in [9.17, 15) is 0 Å². The van der Waals surface area contributed by atoms with Crippen LogP contribution in [0.25, 0.3) is 0 Å². The Kier molecular flexibility index (Phi) is 12.5. The predicted octanol–water partition coefficient (Wildman–Crippen LogP) is 2.31. The third-order valence-electron chi connectivity index (χ3n) is 1.75. The molecule has 13 heavy (non-hydrogen) atoms. The van der Waals surface area contributed by atoms with Gasteiger partial charge in [0.15, 0.2) is 0 Å². The molecular formula is C10H22O2S. The molecule has 0 rings (SSSR count). The Balaban J connectivity index is 2.76. The van der Waals surface area contributed by atoms with Crippen molar-refractivity contribution in [2.24, 2.45) is 0 Å². The van der Waals surface area contributed by atoms with Gasteiger partial charge in [-0.1, -0.05) is 26.2 Å². The number of hydrogen-bond donors (Lipinski definition) is 1. The Morgan fingerprint density at radius 1 is 1.08 bits per heavy atom. The van der Waals surface area contributed by atoms with Gasteiger partial charge in [0.05, 0.1) is 19.8 Å². The highest BCUT2D eigenvalue weighted by Gasteiger charge is 1.90. The van der Waals surface area contributed by atoms with E-state index in [4.69, 9.17) is 9.84 Å². The summed E-state index contributed by atoms with van der Waals surface area (Å²) in [6.45, 7) is 3.63. The van der Waals surface area contributed by atoms with Crippen molar-refractivity contribution in [1.29, 1.82) is 0 Å². The number of ether oxygens (including phenoxy) is 1. The van der Waals surface area contributed by atoms with E-state index in [1.54, 1.807) is 0 Å². The standard InChI is InChI=1S/C10H22O2S/c1-2-3-4-5-9-13-10-8-12-7-6-11/h11H,2-10H2,1H3. The molecule has 0 fully saturated rings. The summed E-state index contributed by atoms with van der Waals surface area (Å²) in [5, 5.41) is 8.43. The van der Waals surface area contributed by atoms with Gasteiger partial charge in [0.25, 0.3) is 0 Å². The minimum absolute atomic E-state index is 0.140. The van der Waals surface area contributed by atoms with Crippen molar-refractivity contribution >= 4 is 11.8 Å². The van der Waals surface area contributed by atoms with Crippen molar-refractivity contribution in [2.45, 2.75) is 32.6 Å². The number of aliphatic hydroxyl groups is 1. The largest absolute Gasteiger partial charge is 0.394 e. The Labute approximate surface area is 86.1 Å². The normalized spacial score (nSPS) is 10.6. The molecule has 80 valence electrons. The summed E-state index contributed by atoms with van der Waals surface area (Å²) in [6, 6.07) is 0. The van der Waals surface area contributed by atoms with Crippen LogP contribution in [0.15, 0.2) is 0 Å². The Morgan fingerprint density at radius 2 is 1.92 bits per heavy atom. The molecule has 0 amide bonds. The van der Waals surface area contributed by atoms with Gasteiger partial charge in [-0.2, -0.15) is 11.8 Å². The summed E-state index contributed by atoms with van der Waals surface area (Å²) >= 11 is 1.95. The van der Waals surface area contributed by atoms with Crippen LogP contribution < -0.4 is 0 Å². The highest BCUT2D eigenvalue weighted by molar-refractivity contribution is 7.99. The fourth-order valence-electron chi connectivity index (χ4n) is 1.02. The number of rotatable bonds is 10. The maximum absolute atomic E-state index is 8.43. The molecule has 2 nitrogen and oxygen atoms in total. The van der Waals surface area contributed by atoms with Gasteiger partial charge in [-0.3, -0.25) is 0 Å². The zero-order valence-corrected chi connectivity index (χ0v) is 9.44. The van der Waals surface area contributed by atoms with Gasteiger partial charge in [-0.05, 0) is 12.2 Å². The molecule has 0 saturated carbocycles. The highest BCUT2D eigenvalue weighted by atomic mass is 32.2. The quantitative estimate of drug-likeness (QED) is 0.556. The van der Waals surface area contributed by atoms with Gasteiger partial charge in [0, 0.05) is 5.75 Å². The third-order valence-corrected chi connectivity index (χ3v) is 2.78. The van der Waals surface area contributed by atoms with Crippen molar-refractivity contribution in [2.75, 3.05) is 31.3 Å². The molecule has 0 spiro atoms. The van der Waals surface area contributed by atoms with Crippen molar-refractivity contribution in [3.8, 4) is 0 Å². The topological polar surface area (TPSA) is 29.5 Å². The van der Waals surface area contributed by atoms with Crippen LogP contribution in [0, 0.1) is 0 Å². The highest BCUT2D eigenvalue weighted by Crippen LogP contribution is 2.06. The van der Waals surface area contributed by atoms with Gasteiger partial charge < -0.3 is 9.84 Å². The number of unbranched alkanes of at least 4 members (excludes halogenated alkanes) is 3. The summed E-state index contributed by atoms with van der Waals surface area (Å²) in [4.78, 5) is 0. The third kappa shape index (κ3) is 12.3. The number of aliphatic hydroxyl groups excluding tert-OH is 1. The Bertz CT molecular complexity index is 79.0. The summed E-state index contributed by atoms with van der Waals surface area (Å²) in [5.41, 5.74) is 0. The summed E-state index contributed by atoms with van der Waals surface area (Å²) in [5.74, 6) is 2.31. The molecule has 0 atom stereocenters. The van der Waals surface area contributed by atoms with Crippen LogP contribution in [-0.2, 0) is 4.74 Å². The van der Waals surface area contributed by atoms with E-state index in [1.807, 2.05) is 11.8 Å². The molecule has 0 unspecified atom stereocenters. The predicted molar refractivity (Wildman–Crippen MR) is 59.4 cm³/mol. The average Bonchev–Trinajstić information content (AvgIpc) is 2.16. The minimum Gasteiger partial charge on any atom is -0.394 e. The van der Waals surface area contributed by atoms with E-state index in [0.29, 0.717) is 6.61 Å². The second-order valence-electron chi connectivity index (χ2n) is 3.01. The lowest BCUT2D eigenvalue weighted by Crippen LogP contribution is -2.02. The Morgan fingerprint density at radius 3 is 2.62 bits per heavy atom. The first-order chi connectivity index (χ1) is 6.41. The number of hydrogen-bond acceptors (Lipinski definition) is 3. The van der Waals surface area contributed by atoms with Gasteiger partial charge in [-0.15, -0.1) is 0 Å². The van der Waals surface area contributed by atoms with Crippen LogP contribution in [-0.4, -0.2) is 36.4 Å². The van der Waals surface area contributed by atoms with E-state index in [2.05, 4.69) is 6.92 Å². The first-order valence-corrected chi connectivity index (χ1v) is 6.33. The van der Waals surface area contributed by atoms with Crippen molar-refractivity contribution in [3.05, 3.63) is 0 Å². The lowest BCUT2D eigenvalue weighted by Gasteiger charge is -2.02. The molecule has 0 aromatic heterocycles. The first-order valence-electron chi connectivity index (χ1n) is 5.18. The zero-order chi connectivity index (χ0) is 9.78. The van der Waals surface area contributed by atoms with Gasteiger partial charge in [0.1, 0.15) is 0 Å². The van der Waals surface area contributed by atoms with Crippen molar-refractivity contribution in [1.82, 2.24) is 0 Å². The minimum atomic E-state index is 0.140. The van der Waals surface area contributed by atoms with Crippen molar-refractivity contribution in [3.63, 3.8) is 0 Å². The van der Waals surface area contributed by atoms with Gasteiger partial charge in [-0.25, -0.2) is 0 Å². The smallest absolute Gasteiger partial charge is 0.0698 e. The van der Waals surface area contributed by atoms with Gasteiger partial charge in [0.2, 0.25) is 0 Å². The molecule has 0 saturated heterocycles. The van der Waals surface area contributed by atoms with Crippen molar-refractivity contribution < 1.29 is 9.84 Å². The fraction of sp³-hybridized carbons (Fsp3) is 1.00. The molecule has 0 radical (unpaired) electrons. The van der Waals surface area contributed by atoms with E-state index < -0.39 is 0 Å². The van der Waals surface area contributed by atoms with Crippen LogP contribution in [0.1, 0.15) is 32.6 Å². The Hall–Kier alpha value is 0.270. The number of thioether (sulfide) groups is 1. The summed E-state index contributed by atoms with van der Waals surface area (Å²) in [6.07, 6.45) is 5.37. The molecule has 0 aliphatic carbocycles. The molecule has 0 aromatic carbocycles. The second-order valence-corrected chi connectivity index (χ2v) is 4.23. The molecule has 0 aliphatic heterocycles. The van der Waals surface area contributed by atoms with E-state index >= 15 is 0 Å². The molecule has 3 heteroatoms. The molecule has 0 aliphatic rings. The fourth-order valence-corrected chi connectivity index (χ4v) is 1.87. The molecular weight excluding hydrogens is 184 g/mol.